The fourth-order valence-corrected chi connectivity index (χ4v) is 2.56. The van der Waals surface area contributed by atoms with Crippen molar-refractivity contribution in [2.24, 2.45) is 0 Å². The van der Waals surface area contributed by atoms with Crippen LogP contribution in [0, 0.1) is 0 Å². The summed E-state index contributed by atoms with van der Waals surface area (Å²) >= 11 is 1.72. The highest BCUT2D eigenvalue weighted by atomic mass is 32.1. The Bertz CT molecular complexity index is 324. The number of hydrogen-bond acceptors (Lipinski definition) is 4. The largest absolute Gasteiger partial charge is 0.465 e. The maximum atomic E-state index is 11.8. The van der Waals surface area contributed by atoms with E-state index in [1.54, 1.807) is 11.3 Å². The van der Waals surface area contributed by atoms with Crippen LogP contribution >= 0.6 is 11.3 Å². The average Bonchev–Trinajstić information content (AvgIpc) is 2.78. The van der Waals surface area contributed by atoms with Gasteiger partial charge >= 0.3 is 5.97 Å². The van der Waals surface area contributed by atoms with Crippen molar-refractivity contribution in [1.82, 2.24) is 4.90 Å². The van der Waals surface area contributed by atoms with Gasteiger partial charge in [-0.1, -0.05) is 19.4 Å². The van der Waals surface area contributed by atoms with E-state index >= 15 is 0 Å². The van der Waals surface area contributed by atoms with E-state index in [1.807, 2.05) is 20.0 Å². The standard InChI is InChI=1S/C13H21NO2S/c1-4-7-12(13(15)16-5-2)14(3)10-11-8-6-9-17-11/h6,8-9,12H,4-5,7,10H2,1-3H3. The Kier molecular flexibility index (Phi) is 6.22. The van der Waals surface area contributed by atoms with Gasteiger partial charge in [-0.15, -0.1) is 11.3 Å². The first-order valence-corrected chi connectivity index (χ1v) is 6.96. The summed E-state index contributed by atoms with van der Waals surface area (Å²) in [5.41, 5.74) is 0. The summed E-state index contributed by atoms with van der Waals surface area (Å²) in [6.07, 6.45) is 1.83. The number of hydrogen-bond donors (Lipinski definition) is 0. The van der Waals surface area contributed by atoms with Crippen molar-refractivity contribution < 1.29 is 9.53 Å². The first-order chi connectivity index (χ1) is 8.19. The Balaban J connectivity index is 2.59. The molecule has 96 valence electrons. The van der Waals surface area contributed by atoms with Crippen molar-refractivity contribution in [2.75, 3.05) is 13.7 Å². The molecule has 0 N–H and O–H groups in total. The van der Waals surface area contributed by atoms with E-state index in [0.717, 1.165) is 19.4 Å². The summed E-state index contributed by atoms with van der Waals surface area (Å²) in [5, 5.41) is 2.06. The SMILES string of the molecule is CCCC(C(=O)OCC)N(C)Cc1cccs1. The Labute approximate surface area is 107 Å². The molecule has 0 aliphatic rings. The molecule has 0 aromatic carbocycles. The number of likely N-dealkylation sites (N-methyl/N-ethyl adjacent to an activating group) is 1. The van der Waals surface area contributed by atoms with Crippen LogP contribution in [0.3, 0.4) is 0 Å². The second-order valence-electron chi connectivity index (χ2n) is 4.05. The average molecular weight is 255 g/mol. The molecule has 0 saturated carbocycles. The molecule has 0 saturated heterocycles. The van der Waals surface area contributed by atoms with Gasteiger partial charge in [-0.25, -0.2) is 0 Å². The monoisotopic (exact) mass is 255 g/mol. The molecule has 1 heterocycles. The van der Waals surface area contributed by atoms with E-state index in [1.165, 1.54) is 4.88 Å². The molecule has 1 rings (SSSR count). The van der Waals surface area contributed by atoms with Gasteiger partial charge in [0.05, 0.1) is 6.61 Å². The Morgan fingerprint density at radius 2 is 2.29 bits per heavy atom. The van der Waals surface area contributed by atoms with Gasteiger partial charge in [-0.05, 0) is 31.8 Å². The van der Waals surface area contributed by atoms with Crippen molar-refractivity contribution in [2.45, 2.75) is 39.3 Å². The van der Waals surface area contributed by atoms with Crippen molar-refractivity contribution in [3.63, 3.8) is 0 Å². The molecule has 4 heteroatoms. The summed E-state index contributed by atoms with van der Waals surface area (Å²) in [5.74, 6) is -0.103. The van der Waals surface area contributed by atoms with Crippen LogP contribution in [0.2, 0.25) is 0 Å². The van der Waals surface area contributed by atoms with Gasteiger partial charge in [0.25, 0.3) is 0 Å². The third kappa shape index (κ3) is 4.48. The third-order valence-corrected chi connectivity index (χ3v) is 3.50. The molecular weight excluding hydrogens is 234 g/mol. The number of rotatable bonds is 7. The first-order valence-electron chi connectivity index (χ1n) is 6.08. The predicted molar refractivity (Wildman–Crippen MR) is 71.1 cm³/mol. The van der Waals surface area contributed by atoms with Gasteiger partial charge in [-0.2, -0.15) is 0 Å². The van der Waals surface area contributed by atoms with E-state index in [4.69, 9.17) is 4.74 Å². The van der Waals surface area contributed by atoms with E-state index in [2.05, 4.69) is 23.3 Å². The van der Waals surface area contributed by atoms with Gasteiger partial charge in [0.2, 0.25) is 0 Å². The Morgan fingerprint density at radius 1 is 1.53 bits per heavy atom. The topological polar surface area (TPSA) is 29.5 Å². The van der Waals surface area contributed by atoms with Crippen LogP contribution in [-0.2, 0) is 16.1 Å². The molecule has 1 atom stereocenters. The van der Waals surface area contributed by atoms with Gasteiger partial charge in [0.15, 0.2) is 0 Å². The molecule has 0 aliphatic heterocycles. The molecule has 1 aromatic heterocycles. The number of carbonyl (C=O) groups excluding carboxylic acids is 1. The minimum Gasteiger partial charge on any atom is -0.465 e. The molecule has 0 spiro atoms. The van der Waals surface area contributed by atoms with Crippen LogP contribution in [0.4, 0.5) is 0 Å². The molecular formula is C13H21NO2S. The highest BCUT2D eigenvalue weighted by Crippen LogP contribution is 2.15. The molecule has 1 aromatic rings. The van der Waals surface area contributed by atoms with E-state index in [0.29, 0.717) is 6.61 Å². The van der Waals surface area contributed by atoms with Crippen LogP contribution in [0.5, 0.6) is 0 Å². The molecule has 0 bridgehead atoms. The number of ether oxygens (including phenoxy) is 1. The molecule has 0 amide bonds. The summed E-state index contributed by atoms with van der Waals surface area (Å²) in [6.45, 7) is 5.19. The minimum atomic E-state index is -0.123. The lowest BCUT2D eigenvalue weighted by Crippen LogP contribution is -2.39. The lowest BCUT2D eigenvalue weighted by molar-refractivity contribution is -0.149. The van der Waals surface area contributed by atoms with Crippen LogP contribution in [-0.4, -0.2) is 30.6 Å². The van der Waals surface area contributed by atoms with Crippen LogP contribution < -0.4 is 0 Å². The van der Waals surface area contributed by atoms with Gasteiger partial charge in [0.1, 0.15) is 6.04 Å². The highest BCUT2D eigenvalue weighted by molar-refractivity contribution is 7.09. The number of carbonyl (C=O) groups is 1. The second-order valence-corrected chi connectivity index (χ2v) is 5.08. The van der Waals surface area contributed by atoms with Crippen LogP contribution in [0.1, 0.15) is 31.6 Å². The summed E-state index contributed by atoms with van der Waals surface area (Å²) in [7, 11) is 1.98. The highest BCUT2D eigenvalue weighted by Gasteiger charge is 2.23. The van der Waals surface area contributed by atoms with Crippen molar-refractivity contribution in [3.05, 3.63) is 22.4 Å². The lowest BCUT2D eigenvalue weighted by Gasteiger charge is -2.25. The molecule has 17 heavy (non-hydrogen) atoms. The lowest BCUT2D eigenvalue weighted by atomic mass is 10.1. The third-order valence-electron chi connectivity index (χ3n) is 2.64. The quantitative estimate of drug-likeness (QED) is 0.702. The molecule has 3 nitrogen and oxygen atoms in total. The number of nitrogens with zero attached hydrogens (tertiary/aromatic N) is 1. The zero-order valence-corrected chi connectivity index (χ0v) is 11.6. The Morgan fingerprint density at radius 3 is 2.82 bits per heavy atom. The maximum absolute atomic E-state index is 11.8. The minimum absolute atomic E-state index is 0.103. The zero-order valence-electron chi connectivity index (χ0n) is 10.8. The molecule has 0 radical (unpaired) electrons. The maximum Gasteiger partial charge on any atom is 0.323 e. The van der Waals surface area contributed by atoms with Crippen molar-refractivity contribution in [3.8, 4) is 0 Å². The first kappa shape index (κ1) is 14.2. The van der Waals surface area contributed by atoms with Crippen molar-refractivity contribution >= 4 is 17.3 Å². The predicted octanol–water partition coefficient (Wildman–Crippen LogP) is 2.91. The smallest absolute Gasteiger partial charge is 0.323 e. The van der Waals surface area contributed by atoms with E-state index in [9.17, 15) is 4.79 Å². The van der Waals surface area contributed by atoms with E-state index < -0.39 is 0 Å². The Hall–Kier alpha value is -0.870. The normalized spacial score (nSPS) is 12.7. The fourth-order valence-electron chi connectivity index (χ4n) is 1.79. The van der Waals surface area contributed by atoms with E-state index in [-0.39, 0.29) is 12.0 Å². The summed E-state index contributed by atoms with van der Waals surface area (Å²) in [4.78, 5) is 15.2. The summed E-state index contributed by atoms with van der Waals surface area (Å²) < 4.78 is 5.12. The van der Waals surface area contributed by atoms with Crippen molar-refractivity contribution in [1.29, 1.82) is 0 Å². The van der Waals surface area contributed by atoms with Crippen LogP contribution in [0.25, 0.3) is 0 Å². The van der Waals surface area contributed by atoms with Crippen LogP contribution in [0.15, 0.2) is 17.5 Å². The number of esters is 1. The van der Waals surface area contributed by atoms with Gasteiger partial charge in [-0.3, -0.25) is 9.69 Å². The number of thiophene rings is 1. The fraction of sp³-hybridized carbons (Fsp3) is 0.615. The molecule has 1 unspecified atom stereocenters. The van der Waals surface area contributed by atoms with Gasteiger partial charge < -0.3 is 4.74 Å². The summed E-state index contributed by atoms with van der Waals surface area (Å²) in [6, 6.07) is 4.00. The second kappa shape index (κ2) is 7.45. The zero-order chi connectivity index (χ0) is 12.7. The molecule has 0 fully saturated rings. The molecule has 0 aliphatic carbocycles. The van der Waals surface area contributed by atoms with Gasteiger partial charge in [0, 0.05) is 11.4 Å².